The molecule has 6 heteroatoms. The smallest absolute Gasteiger partial charge is 0.171 e. The van der Waals surface area contributed by atoms with Crippen LogP contribution in [-0.4, -0.2) is 5.11 Å². The summed E-state index contributed by atoms with van der Waals surface area (Å²) < 4.78 is 0. The number of hydrogen-bond donors (Lipinski definition) is 2. The van der Waals surface area contributed by atoms with Crippen LogP contribution < -0.4 is 10.6 Å². The zero-order valence-electron chi connectivity index (χ0n) is 11.2. The molecule has 0 aliphatic heterocycles. The minimum atomic E-state index is 0.0766. The highest BCUT2D eigenvalue weighted by Gasteiger charge is 2.10. The first-order valence-electron chi connectivity index (χ1n) is 6.24. The maximum absolute atomic E-state index is 6.11. The van der Waals surface area contributed by atoms with Gasteiger partial charge in [-0.2, -0.15) is 0 Å². The molecule has 0 aliphatic carbocycles. The first-order chi connectivity index (χ1) is 9.97. The Bertz CT molecular complexity index is 647. The summed E-state index contributed by atoms with van der Waals surface area (Å²) in [5.41, 5.74) is 1.76. The van der Waals surface area contributed by atoms with Gasteiger partial charge in [-0.15, -0.1) is 0 Å². The molecule has 2 aromatic rings. The molecule has 0 radical (unpaired) electrons. The van der Waals surface area contributed by atoms with E-state index in [1.165, 1.54) is 0 Å². The van der Waals surface area contributed by atoms with Gasteiger partial charge in [0.2, 0.25) is 0 Å². The van der Waals surface area contributed by atoms with Crippen molar-refractivity contribution in [3.05, 3.63) is 63.1 Å². The Labute approximate surface area is 144 Å². The predicted molar refractivity (Wildman–Crippen MR) is 95.7 cm³/mol. The molecule has 0 aromatic heterocycles. The van der Waals surface area contributed by atoms with E-state index in [9.17, 15) is 0 Å². The third kappa shape index (κ3) is 4.48. The fraction of sp³-hybridized carbons (Fsp3) is 0.133. The second kappa shape index (κ2) is 7.32. The van der Waals surface area contributed by atoms with Crippen LogP contribution in [0, 0.1) is 0 Å². The molecule has 21 heavy (non-hydrogen) atoms. The van der Waals surface area contributed by atoms with Gasteiger partial charge >= 0.3 is 0 Å². The summed E-state index contributed by atoms with van der Waals surface area (Å²) >= 11 is 23.3. The van der Waals surface area contributed by atoms with Gasteiger partial charge in [0.15, 0.2) is 5.11 Å². The SMILES string of the molecule is CC(NC(=S)Nc1cc(Cl)c(Cl)cc1Cl)c1ccccc1. The van der Waals surface area contributed by atoms with Crippen molar-refractivity contribution in [3.63, 3.8) is 0 Å². The Hall–Kier alpha value is -1.00. The molecule has 0 amide bonds. The standard InChI is InChI=1S/C15H13Cl3N2S/c1-9(10-5-3-2-4-6-10)19-15(21)20-14-8-12(17)11(16)7-13(14)18/h2-9H,1H3,(H2,19,20,21). The lowest BCUT2D eigenvalue weighted by Gasteiger charge is -2.18. The molecule has 1 unspecified atom stereocenters. The summed E-state index contributed by atoms with van der Waals surface area (Å²) in [6.45, 7) is 2.03. The van der Waals surface area contributed by atoms with Crippen LogP contribution in [0.3, 0.4) is 0 Å². The fourth-order valence-corrected chi connectivity index (χ4v) is 2.68. The molecule has 1 atom stereocenters. The van der Waals surface area contributed by atoms with E-state index in [0.29, 0.717) is 25.9 Å². The minimum absolute atomic E-state index is 0.0766. The van der Waals surface area contributed by atoms with Gasteiger partial charge in [-0.25, -0.2) is 0 Å². The van der Waals surface area contributed by atoms with Crippen LogP contribution in [0.2, 0.25) is 15.1 Å². The van der Waals surface area contributed by atoms with Crippen LogP contribution in [0.25, 0.3) is 0 Å². The van der Waals surface area contributed by atoms with Crippen molar-refractivity contribution in [1.29, 1.82) is 0 Å². The van der Waals surface area contributed by atoms with Crippen molar-refractivity contribution >= 4 is 57.8 Å². The van der Waals surface area contributed by atoms with Crippen LogP contribution >= 0.6 is 47.0 Å². The number of benzene rings is 2. The van der Waals surface area contributed by atoms with E-state index >= 15 is 0 Å². The Morgan fingerprint density at radius 2 is 1.62 bits per heavy atom. The molecule has 0 heterocycles. The molecular weight excluding hydrogens is 347 g/mol. The van der Waals surface area contributed by atoms with E-state index in [1.807, 2.05) is 37.3 Å². The molecule has 110 valence electrons. The summed E-state index contributed by atoms with van der Waals surface area (Å²) in [6, 6.07) is 13.3. The minimum Gasteiger partial charge on any atom is -0.356 e. The number of rotatable bonds is 3. The average Bonchev–Trinajstić information content (AvgIpc) is 2.45. The van der Waals surface area contributed by atoms with Gasteiger partial charge in [-0.1, -0.05) is 65.1 Å². The van der Waals surface area contributed by atoms with Crippen LogP contribution in [0.4, 0.5) is 5.69 Å². The lowest BCUT2D eigenvalue weighted by Crippen LogP contribution is -2.30. The Morgan fingerprint density at radius 3 is 2.29 bits per heavy atom. The first kappa shape index (κ1) is 16.4. The summed E-state index contributed by atoms with van der Waals surface area (Å²) in [6.07, 6.45) is 0. The van der Waals surface area contributed by atoms with Crippen molar-refractivity contribution in [1.82, 2.24) is 5.32 Å². The van der Waals surface area contributed by atoms with Crippen molar-refractivity contribution in [2.45, 2.75) is 13.0 Å². The highest BCUT2D eigenvalue weighted by Crippen LogP contribution is 2.32. The number of halogens is 3. The molecule has 2 aromatic carbocycles. The third-order valence-corrected chi connectivity index (χ3v) is 4.16. The Morgan fingerprint density at radius 1 is 1.00 bits per heavy atom. The maximum atomic E-state index is 6.11. The second-order valence-electron chi connectivity index (χ2n) is 4.48. The van der Waals surface area contributed by atoms with Crippen LogP contribution in [0.5, 0.6) is 0 Å². The lowest BCUT2D eigenvalue weighted by molar-refractivity contribution is 0.722. The summed E-state index contributed by atoms with van der Waals surface area (Å²) in [7, 11) is 0. The summed E-state index contributed by atoms with van der Waals surface area (Å²) in [5.74, 6) is 0. The topological polar surface area (TPSA) is 24.1 Å². The lowest BCUT2D eigenvalue weighted by atomic mass is 10.1. The zero-order valence-corrected chi connectivity index (χ0v) is 14.2. The van der Waals surface area contributed by atoms with E-state index in [1.54, 1.807) is 12.1 Å². The predicted octanol–water partition coefficient (Wildman–Crippen LogP) is 5.69. The molecule has 0 aliphatic rings. The molecule has 0 spiro atoms. The van der Waals surface area contributed by atoms with Crippen LogP contribution in [0.1, 0.15) is 18.5 Å². The number of nitrogens with one attached hydrogen (secondary N) is 2. The summed E-state index contributed by atoms with van der Waals surface area (Å²) in [4.78, 5) is 0. The van der Waals surface area contributed by atoms with Gasteiger partial charge in [0, 0.05) is 0 Å². The van der Waals surface area contributed by atoms with E-state index in [2.05, 4.69) is 10.6 Å². The number of anilines is 1. The van der Waals surface area contributed by atoms with Gasteiger partial charge in [0.05, 0.1) is 26.8 Å². The number of thiocarbonyl (C=S) groups is 1. The molecular formula is C15H13Cl3N2S. The second-order valence-corrected chi connectivity index (χ2v) is 6.11. The van der Waals surface area contributed by atoms with E-state index in [0.717, 1.165) is 5.56 Å². The quantitative estimate of drug-likeness (QED) is 0.543. The van der Waals surface area contributed by atoms with Crippen molar-refractivity contribution in [2.75, 3.05) is 5.32 Å². The van der Waals surface area contributed by atoms with Crippen LogP contribution in [-0.2, 0) is 0 Å². The Balaban J connectivity index is 2.04. The monoisotopic (exact) mass is 358 g/mol. The fourth-order valence-electron chi connectivity index (χ4n) is 1.80. The molecule has 2 N–H and O–H groups in total. The average molecular weight is 360 g/mol. The normalized spacial score (nSPS) is 11.8. The molecule has 0 fully saturated rings. The van der Waals surface area contributed by atoms with Crippen LogP contribution in [0.15, 0.2) is 42.5 Å². The van der Waals surface area contributed by atoms with Gasteiger partial charge in [0.1, 0.15) is 0 Å². The van der Waals surface area contributed by atoms with Crippen molar-refractivity contribution in [2.24, 2.45) is 0 Å². The van der Waals surface area contributed by atoms with Gasteiger partial charge < -0.3 is 10.6 Å². The molecule has 2 nitrogen and oxygen atoms in total. The zero-order chi connectivity index (χ0) is 15.4. The molecule has 0 bridgehead atoms. The first-order valence-corrected chi connectivity index (χ1v) is 7.78. The Kier molecular flexibility index (Phi) is 5.71. The van der Waals surface area contributed by atoms with E-state index in [-0.39, 0.29) is 6.04 Å². The van der Waals surface area contributed by atoms with E-state index in [4.69, 9.17) is 47.0 Å². The van der Waals surface area contributed by atoms with Crippen molar-refractivity contribution in [3.8, 4) is 0 Å². The van der Waals surface area contributed by atoms with Gasteiger partial charge in [0.25, 0.3) is 0 Å². The summed E-state index contributed by atoms with van der Waals surface area (Å²) in [5, 5.41) is 7.96. The van der Waals surface area contributed by atoms with Gasteiger partial charge in [-0.05, 0) is 36.8 Å². The van der Waals surface area contributed by atoms with Crippen molar-refractivity contribution < 1.29 is 0 Å². The number of hydrogen-bond acceptors (Lipinski definition) is 1. The third-order valence-electron chi connectivity index (χ3n) is 2.91. The molecule has 2 rings (SSSR count). The van der Waals surface area contributed by atoms with Gasteiger partial charge in [-0.3, -0.25) is 0 Å². The molecule has 0 saturated carbocycles. The van der Waals surface area contributed by atoms with E-state index < -0.39 is 0 Å². The highest BCUT2D eigenvalue weighted by atomic mass is 35.5. The maximum Gasteiger partial charge on any atom is 0.171 e. The molecule has 0 saturated heterocycles. The largest absolute Gasteiger partial charge is 0.356 e. The highest BCUT2D eigenvalue weighted by molar-refractivity contribution is 7.80.